The summed E-state index contributed by atoms with van der Waals surface area (Å²) in [6.45, 7) is 2.82. The van der Waals surface area contributed by atoms with E-state index in [9.17, 15) is 10.2 Å². The van der Waals surface area contributed by atoms with Crippen molar-refractivity contribution < 1.29 is 20.4 Å². The van der Waals surface area contributed by atoms with Gasteiger partial charge < -0.3 is 20.4 Å². The molecule has 4 atom stereocenters. The van der Waals surface area contributed by atoms with Crippen LogP contribution >= 0.6 is 0 Å². The van der Waals surface area contributed by atoms with E-state index in [0.717, 1.165) is 6.08 Å². The molecule has 14 heavy (non-hydrogen) atoms. The van der Waals surface area contributed by atoms with E-state index in [1.165, 1.54) is 0 Å². The molecule has 7 heteroatoms. The highest BCUT2D eigenvalue weighted by molar-refractivity contribution is 4.90. The van der Waals surface area contributed by atoms with Crippen LogP contribution in [0.3, 0.4) is 0 Å². The van der Waals surface area contributed by atoms with Gasteiger partial charge in [0.2, 0.25) is 0 Å². The first-order chi connectivity index (χ1) is 6.54. The summed E-state index contributed by atoms with van der Waals surface area (Å²) in [5.41, 5.74) is 7.93. The number of nitrogens with zero attached hydrogens (tertiary/aromatic N) is 3. The molecule has 0 rings (SSSR count). The summed E-state index contributed by atoms with van der Waals surface area (Å²) in [6, 6.07) is 0. The molecular weight excluding hydrogens is 190 g/mol. The molecule has 0 aromatic rings. The van der Waals surface area contributed by atoms with Crippen molar-refractivity contribution in [2.75, 3.05) is 6.54 Å². The third-order valence-corrected chi connectivity index (χ3v) is 1.67. The summed E-state index contributed by atoms with van der Waals surface area (Å²) in [5.74, 6) is 0. The van der Waals surface area contributed by atoms with Crippen LogP contribution in [0.1, 0.15) is 0 Å². The molecule has 0 aliphatic rings. The standard InChI is InChI=1S/C7H13N3O4/c1-2-4(11)6(13)7(14)5(12)3-9-10-8/h2,4-7,11-14H,1,3H2. The van der Waals surface area contributed by atoms with Gasteiger partial charge >= 0.3 is 0 Å². The van der Waals surface area contributed by atoms with E-state index >= 15 is 0 Å². The zero-order chi connectivity index (χ0) is 11.1. The molecule has 0 heterocycles. The van der Waals surface area contributed by atoms with Crippen LogP contribution in [0.15, 0.2) is 17.8 Å². The minimum absolute atomic E-state index is 0.376. The Balaban J connectivity index is 4.21. The lowest BCUT2D eigenvalue weighted by Gasteiger charge is -2.23. The predicted molar refractivity (Wildman–Crippen MR) is 48.2 cm³/mol. The minimum atomic E-state index is -1.59. The molecule has 0 aliphatic carbocycles. The van der Waals surface area contributed by atoms with Crippen molar-refractivity contribution in [3.8, 4) is 0 Å². The van der Waals surface area contributed by atoms with E-state index < -0.39 is 24.4 Å². The van der Waals surface area contributed by atoms with Crippen LogP contribution in [0.5, 0.6) is 0 Å². The number of azide groups is 1. The average molecular weight is 203 g/mol. The lowest BCUT2D eigenvalue weighted by atomic mass is 10.0. The first kappa shape index (κ1) is 12.9. The lowest BCUT2D eigenvalue weighted by Crippen LogP contribution is -2.44. The van der Waals surface area contributed by atoms with Crippen LogP contribution in [0.2, 0.25) is 0 Å². The van der Waals surface area contributed by atoms with Gasteiger partial charge in [0, 0.05) is 4.91 Å². The van der Waals surface area contributed by atoms with Gasteiger partial charge in [-0.2, -0.15) is 0 Å². The maximum atomic E-state index is 9.22. The molecule has 0 amide bonds. The van der Waals surface area contributed by atoms with Crippen molar-refractivity contribution in [3.05, 3.63) is 23.1 Å². The third-order valence-electron chi connectivity index (χ3n) is 1.67. The van der Waals surface area contributed by atoms with E-state index in [0.29, 0.717) is 0 Å². The molecule has 0 aliphatic heterocycles. The first-order valence-corrected chi connectivity index (χ1v) is 3.90. The normalized spacial score (nSPS) is 18.9. The molecule has 4 unspecified atom stereocenters. The van der Waals surface area contributed by atoms with Gasteiger partial charge in [0.1, 0.15) is 18.3 Å². The molecule has 0 bridgehead atoms. The molecule has 4 N–H and O–H groups in total. The molecule has 0 radical (unpaired) electrons. The zero-order valence-electron chi connectivity index (χ0n) is 7.43. The van der Waals surface area contributed by atoms with Crippen molar-refractivity contribution in [2.45, 2.75) is 24.4 Å². The number of aliphatic hydroxyl groups excluding tert-OH is 4. The van der Waals surface area contributed by atoms with Crippen LogP contribution in [0.25, 0.3) is 10.4 Å². The summed E-state index contributed by atoms with van der Waals surface area (Å²) < 4.78 is 0. The Hall–Kier alpha value is -1.11. The monoisotopic (exact) mass is 203 g/mol. The zero-order valence-corrected chi connectivity index (χ0v) is 7.43. The molecule has 80 valence electrons. The summed E-state index contributed by atoms with van der Waals surface area (Å²) in [6.07, 6.45) is -4.89. The number of rotatable bonds is 6. The Morgan fingerprint density at radius 3 is 2.29 bits per heavy atom. The third kappa shape index (κ3) is 3.73. The van der Waals surface area contributed by atoms with Crippen molar-refractivity contribution in [1.82, 2.24) is 0 Å². The van der Waals surface area contributed by atoms with Gasteiger partial charge in [-0.25, -0.2) is 0 Å². The fourth-order valence-corrected chi connectivity index (χ4v) is 0.797. The van der Waals surface area contributed by atoms with Crippen LogP contribution in [-0.4, -0.2) is 51.4 Å². The van der Waals surface area contributed by atoms with Gasteiger partial charge in [0.15, 0.2) is 0 Å². The average Bonchev–Trinajstić information content (AvgIpc) is 2.22. The smallest absolute Gasteiger partial charge is 0.112 e. The fraction of sp³-hybridized carbons (Fsp3) is 0.714. The highest BCUT2D eigenvalue weighted by atomic mass is 16.4. The summed E-state index contributed by atoms with van der Waals surface area (Å²) in [7, 11) is 0. The Labute approximate surface area is 80.5 Å². The molecule has 7 nitrogen and oxygen atoms in total. The number of hydrogen-bond acceptors (Lipinski definition) is 5. The summed E-state index contributed by atoms with van der Waals surface area (Å²) in [4.78, 5) is 2.37. The maximum absolute atomic E-state index is 9.22. The largest absolute Gasteiger partial charge is 0.390 e. The number of aliphatic hydroxyl groups is 4. The molecule has 0 saturated carbocycles. The molecule has 0 aromatic carbocycles. The summed E-state index contributed by atoms with van der Waals surface area (Å²) >= 11 is 0. The van der Waals surface area contributed by atoms with Crippen LogP contribution in [0, 0.1) is 0 Å². The number of hydrogen-bond donors (Lipinski definition) is 4. The van der Waals surface area contributed by atoms with Gasteiger partial charge in [-0.05, 0) is 5.53 Å². The first-order valence-electron chi connectivity index (χ1n) is 3.90. The van der Waals surface area contributed by atoms with E-state index in [2.05, 4.69) is 16.6 Å². The maximum Gasteiger partial charge on any atom is 0.112 e. The molecule has 0 spiro atoms. The van der Waals surface area contributed by atoms with Crippen LogP contribution in [-0.2, 0) is 0 Å². The van der Waals surface area contributed by atoms with Gasteiger partial charge in [0.25, 0.3) is 0 Å². The second kappa shape index (κ2) is 6.36. The Bertz CT molecular complexity index is 229. The van der Waals surface area contributed by atoms with Crippen molar-refractivity contribution >= 4 is 0 Å². The molecule has 0 fully saturated rings. The lowest BCUT2D eigenvalue weighted by molar-refractivity contribution is -0.0898. The Morgan fingerprint density at radius 1 is 1.29 bits per heavy atom. The predicted octanol–water partition coefficient (Wildman–Crippen LogP) is -1.07. The molecule has 0 saturated heterocycles. The van der Waals surface area contributed by atoms with Gasteiger partial charge in [-0.3, -0.25) is 0 Å². The topological polar surface area (TPSA) is 130 Å². The van der Waals surface area contributed by atoms with E-state index in [1.54, 1.807) is 0 Å². The van der Waals surface area contributed by atoms with Crippen molar-refractivity contribution in [3.63, 3.8) is 0 Å². The van der Waals surface area contributed by atoms with Gasteiger partial charge in [-0.1, -0.05) is 11.2 Å². The fourth-order valence-electron chi connectivity index (χ4n) is 0.797. The summed E-state index contributed by atoms with van der Waals surface area (Å²) in [5, 5.41) is 39.6. The van der Waals surface area contributed by atoms with Gasteiger partial charge in [0.05, 0.1) is 12.6 Å². The van der Waals surface area contributed by atoms with E-state index in [1.807, 2.05) is 0 Å². The van der Waals surface area contributed by atoms with Gasteiger partial charge in [-0.15, -0.1) is 6.58 Å². The second-order valence-corrected chi connectivity index (χ2v) is 2.69. The van der Waals surface area contributed by atoms with E-state index in [-0.39, 0.29) is 6.54 Å². The van der Waals surface area contributed by atoms with Crippen molar-refractivity contribution in [2.24, 2.45) is 5.11 Å². The van der Waals surface area contributed by atoms with Crippen molar-refractivity contribution in [1.29, 1.82) is 0 Å². The SMILES string of the molecule is C=CC(O)C(O)C(O)C(O)CN=[N+]=[N-]. The molecule has 0 aromatic heterocycles. The molecular formula is C7H13N3O4. The van der Waals surface area contributed by atoms with E-state index in [4.69, 9.17) is 15.7 Å². The highest BCUT2D eigenvalue weighted by Gasteiger charge is 2.28. The van der Waals surface area contributed by atoms with Crippen LogP contribution < -0.4 is 0 Å². The quantitative estimate of drug-likeness (QED) is 0.189. The highest BCUT2D eigenvalue weighted by Crippen LogP contribution is 2.06. The Kier molecular flexibility index (Phi) is 5.86. The second-order valence-electron chi connectivity index (χ2n) is 2.69. The minimum Gasteiger partial charge on any atom is -0.390 e. The Morgan fingerprint density at radius 2 is 1.86 bits per heavy atom. The van der Waals surface area contributed by atoms with Crippen LogP contribution in [0.4, 0.5) is 0 Å².